The average Bonchev–Trinajstić information content (AvgIpc) is 2.09. The van der Waals surface area contributed by atoms with Crippen molar-refractivity contribution >= 4 is 35.0 Å². The van der Waals surface area contributed by atoms with Gasteiger partial charge in [0.15, 0.2) is 0 Å². The van der Waals surface area contributed by atoms with E-state index in [2.05, 4.69) is 11.6 Å². The van der Waals surface area contributed by atoms with E-state index in [1.165, 1.54) is 24.8 Å². The van der Waals surface area contributed by atoms with Gasteiger partial charge in [-0.3, -0.25) is 0 Å². The molecule has 1 nitrogen and oxygen atoms in total. The van der Waals surface area contributed by atoms with Crippen LogP contribution in [0.2, 0.25) is 0 Å². The lowest BCUT2D eigenvalue weighted by Gasteiger charge is -2.40. The summed E-state index contributed by atoms with van der Waals surface area (Å²) in [5, 5.41) is 4.00. The van der Waals surface area contributed by atoms with E-state index in [9.17, 15) is 0 Å². The van der Waals surface area contributed by atoms with Gasteiger partial charge in [0.05, 0.1) is 0 Å². The number of hydrogen-bond donors (Lipinski definition) is 1. The fourth-order valence-corrected chi connectivity index (χ4v) is 2.59. The Labute approximate surface area is 94.2 Å². The molecule has 0 aromatic rings. The summed E-state index contributed by atoms with van der Waals surface area (Å²) >= 11 is 13.2. The second-order valence-electron chi connectivity index (χ2n) is 3.40. The van der Waals surface area contributed by atoms with Crippen LogP contribution in [-0.4, -0.2) is 24.1 Å². The van der Waals surface area contributed by atoms with Crippen molar-refractivity contribution in [3.8, 4) is 0 Å². The first-order valence-corrected chi connectivity index (χ1v) is 6.47. The van der Waals surface area contributed by atoms with Gasteiger partial charge in [0.25, 0.3) is 0 Å². The topological polar surface area (TPSA) is 12.0 Å². The SMILES string of the molecule is CSC1(CNCC(Cl)=CCl)CCC1. The Kier molecular flexibility index (Phi) is 4.95. The maximum absolute atomic E-state index is 5.76. The molecule has 0 aromatic carbocycles. The minimum absolute atomic E-state index is 0.476. The van der Waals surface area contributed by atoms with Crippen molar-refractivity contribution in [2.45, 2.75) is 24.0 Å². The third-order valence-electron chi connectivity index (χ3n) is 2.56. The first-order valence-electron chi connectivity index (χ1n) is 4.43. The number of nitrogens with one attached hydrogen (secondary N) is 1. The van der Waals surface area contributed by atoms with E-state index in [4.69, 9.17) is 23.2 Å². The van der Waals surface area contributed by atoms with Gasteiger partial charge in [-0.1, -0.05) is 29.6 Å². The summed E-state index contributed by atoms with van der Waals surface area (Å²) in [5.41, 5.74) is 1.42. The van der Waals surface area contributed by atoms with Crippen LogP contribution in [0.15, 0.2) is 10.6 Å². The molecule has 1 N–H and O–H groups in total. The normalized spacial score (nSPS) is 21.3. The van der Waals surface area contributed by atoms with Gasteiger partial charge in [0.1, 0.15) is 0 Å². The number of thioether (sulfide) groups is 1. The molecule has 0 atom stereocenters. The lowest BCUT2D eigenvalue weighted by molar-refractivity contribution is 0.350. The van der Waals surface area contributed by atoms with Crippen LogP contribution in [0.4, 0.5) is 0 Å². The molecule has 13 heavy (non-hydrogen) atoms. The Balaban J connectivity index is 2.18. The van der Waals surface area contributed by atoms with Crippen LogP contribution in [0.5, 0.6) is 0 Å². The molecule has 1 saturated carbocycles. The predicted octanol–water partition coefficient (Wildman–Crippen LogP) is 3.18. The largest absolute Gasteiger partial charge is 0.310 e. The van der Waals surface area contributed by atoms with Crippen LogP contribution in [0.25, 0.3) is 0 Å². The van der Waals surface area contributed by atoms with Gasteiger partial charge in [-0.15, -0.1) is 0 Å². The molecule has 76 valence electrons. The third kappa shape index (κ3) is 3.35. The molecule has 4 heteroatoms. The number of rotatable bonds is 5. The Bertz CT molecular complexity index is 185. The molecule has 1 aliphatic carbocycles. The standard InChI is InChI=1S/C9H15Cl2NS/c1-13-9(3-2-4-9)7-12-6-8(11)5-10/h5,12H,2-4,6-7H2,1H3. The molecule has 0 aromatic heterocycles. The highest BCUT2D eigenvalue weighted by Crippen LogP contribution is 2.42. The monoisotopic (exact) mass is 239 g/mol. The van der Waals surface area contributed by atoms with Crippen LogP contribution in [-0.2, 0) is 0 Å². The smallest absolute Gasteiger partial charge is 0.0431 e. The van der Waals surface area contributed by atoms with Crippen molar-refractivity contribution < 1.29 is 0 Å². The Morgan fingerprint density at radius 1 is 1.62 bits per heavy atom. The molecule has 0 heterocycles. The summed E-state index contributed by atoms with van der Waals surface area (Å²) in [6.07, 6.45) is 6.19. The molecule has 1 rings (SSSR count). The first kappa shape index (κ1) is 11.7. The lowest BCUT2D eigenvalue weighted by atomic mass is 9.84. The van der Waals surface area contributed by atoms with Gasteiger partial charge in [-0.2, -0.15) is 11.8 Å². The number of halogens is 2. The van der Waals surface area contributed by atoms with E-state index in [1.54, 1.807) is 0 Å². The van der Waals surface area contributed by atoms with Crippen molar-refractivity contribution in [1.82, 2.24) is 5.32 Å². The Hall–Kier alpha value is 0.630. The molecule has 0 spiro atoms. The molecule has 0 bridgehead atoms. The minimum atomic E-state index is 0.476. The summed E-state index contributed by atoms with van der Waals surface area (Å²) in [6, 6.07) is 0. The van der Waals surface area contributed by atoms with Gasteiger partial charge in [0.2, 0.25) is 0 Å². The highest BCUT2D eigenvalue weighted by Gasteiger charge is 2.35. The fraction of sp³-hybridized carbons (Fsp3) is 0.778. The van der Waals surface area contributed by atoms with Crippen molar-refractivity contribution in [3.05, 3.63) is 10.6 Å². The van der Waals surface area contributed by atoms with Crippen molar-refractivity contribution in [2.75, 3.05) is 19.3 Å². The average molecular weight is 240 g/mol. The van der Waals surface area contributed by atoms with Crippen molar-refractivity contribution in [2.24, 2.45) is 0 Å². The second kappa shape index (κ2) is 5.50. The van der Waals surface area contributed by atoms with Crippen LogP contribution >= 0.6 is 35.0 Å². The highest BCUT2D eigenvalue weighted by molar-refractivity contribution is 8.00. The first-order chi connectivity index (χ1) is 6.22. The van der Waals surface area contributed by atoms with E-state index in [0.29, 0.717) is 16.3 Å². The summed E-state index contributed by atoms with van der Waals surface area (Å²) in [4.78, 5) is 0. The van der Waals surface area contributed by atoms with E-state index >= 15 is 0 Å². The molecule has 0 radical (unpaired) electrons. The predicted molar refractivity (Wildman–Crippen MR) is 62.8 cm³/mol. The summed E-state index contributed by atoms with van der Waals surface area (Å²) < 4.78 is 0.476. The van der Waals surface area contributed by atoms with Gasteiger partial charge in [-0.25, -0.2) is 0 Å². The maximum Gasteiger partial charge on any atom is 0.0431 e. The molecule has 1 fully saturated rings. The second-order valence-corrected chi connectivity index (χ2v) is 5.38. The quantitative estimate of drug-likeness (QED) is 0.792. The third-order valence-corrected chi connectivity index (χ3v) is 4.59. The molecular formula is C9H15Cl2NS. The van der Waals surface area contributed by atoms with Gasteiger partial charge in [-0.05, 0) is 19.1 Å². The maximum atomic E-state index is 5.76. The van der Waals surface area contributed by atoms with Crippen molar-refractivity contribution in [1.29, 1.82) is 0 Å². The molecule has 0 saturated heterocycles. The number of hydrogen-bond acceptors (Lipinski definition) is 2. The van der Waals surface area contributed by atoms with Crippen LogP contribution in [0, 0.1) is 0 Å². The zero-order chi connectivity index (χ0) is 9.73. The van der Waals surface area contributed by atoms with E-state index < -0.39 is 0 Å². The fourth-order valence-electron chi connectivity index (χ4n) is 1.47. The van der Waals surface area contributed by atoms with Crippen LogP contribution in [0.1, 0.15) is 19.3 Å². The summed E-state index contributed by atoms with van der Waals surface area (Å²) in [5.74, 6) is 0. The Morgan fingerprint density at radius 3 is 2.69 bits per heavy atom. The van der Waals surface area contributed by atoms with Gasteiger partial charge in [0, 0.05) is 28.4 Å². The molecule has 0 aliphatic heterocycles. The van der Waals surface area contributed by atoms with E-state index in [1.807, 2.05) is 11.8 Å². The highest BCUT2D eigenvalue weighted by atomic mass is 35.5. The van der Waals surface area contributed by atoms with Gasteiger partial charge < -0.3 is 5.32 Å². The summed E-state index contributed by atoms with van der Waals surface area (Å²) in [7, 11) is 0. The van der Waals surface area contributed by atoms with Crippen LogP contribution in [0.3, 0.4) is 0 Å². The Morgan fingerprint density at radius 2 is 2.31 bits per heavy atom. The van der Waals surface area contributed by atoms with Crippen LogP contribution < -0.4 is 5.32 Å². The lowest BCUT2D eigenvalue weighted by Crippen LogP contribution is -2.43. The minimum Gasteiger partial charge on any atom is -0.310 e. The molecular weight excluding hydrogens is 225 g/mol. The molecule has 0 amide bonds. The zero-order valence-corrected chi connectivity index (χ0v) is 10.1. The van der Waals surface area contributed by atoms with E-state index in [0.717, 1.165) is 6.54 Å². The summed E-state index contributed by atoms with van der Waals surface area (Å²) in [6.45, 7) is 1.72. The molecule has 1 aliphatic rings. The van der Waals surface area contributed by atoms with E-state index in [-0.39, 0.29) is 0 Å². The zero-order valence-electron chi connectivity index (χ0n) is 7.78. The van der Waals surface area contributed by atoms with Crippen molar-refractivity contribution in [3.63, 3.8) is 0 Å². The van der Waals surface area contributed by atoms with Gasteiger partial charge >= 0.3 is 0 Å². The molecule has 0 unspecified atom stereocenters.